The van der Waals surface area contributed by atoms with Gasteiger partial charge in [0.25, 0.3) is 5.91 Å². The predicted molar refractivity (Wildman–Crippen MR) is 137 cm³/mol. The lowest BCUT2D eigenvalue weighted by molar-refractivity contribution is -0.120. The highest BCUT2D eigenvalue weighted by molar-refractivity contribution is 6.20. The zero-order chi connectivity index (χ0) is 23.3. The summed E-state index contributed by atoms with van der Waals surface area (Å²) in [5, 5.41) is 13.3. The normalized spacial score (nSPS) is 17.2. The van der Waals surface area contributed by atoms with Crippen LogP contribution in [0.4, 0.5) is 11.4 Å². The lowest BCUT2D eigenvalue weighted by Gasteiger charge is -2.31. The number of fused-ring (bicyclic) bond motifs is 3. The molecule has 1 atom stereocenters. The number of phenols is 1. The van der Waals surface area contributed by atoms with Gasteiger partial charge in [-0.3, -0.25) is 9.69 Å². The van der Waals surface area contributed by atoms with Crippen LogP contribution in [0.2, 0.25) is 0 Å². The fourth-order valence-corrected chi connectivity index (χ4v) is 5.37. The Hall–Kier alpha value is -4.37. The number of aryl methyl sites for hydroxylation is 1. The average Bonchev–Trinajstić information content (AvgIpc) is 3.15. The molecule has 6 rings (SSSR count). The number of amides is 1. The van der Waals surface area contributed by atoms with E-state index in [0.29, 0.717) is 5.56 Å². The number of benzene rings is 5. The largest absolute Gasteiger partial charge is 0.508 e. The lowest BCUT2D eigenvalue weighted by atomic mass is 9.68. The number of hydrogen-bond donors (Lipinski definition) is 1. The molecule has 0 saturated heterocycles. The zero-order valence-electron chi connectivity index (χ0n) is 18.8. The van der Waals surface area contributed by atoms with Crippen LogP contribution in [-0.4, -0.2) is 11.0 Å². The van der Waals surface area contributed by atoms with Gasteiger partial charge < -0.3 is 5.11 Å². The Morgan fingerprint density at radius 3 is 2.18 bits per heavy atom. The minimum absolute atomic E-state index is 0.0999. The Morgan fingerprint density at radius 2 is 1.41 bits per heavy atom. The van der Waals surface area contributed by atoms with Crippen LogP contribution in [0.25, 0.3) is 10.8 Å². The van der Waals surface area contributed by atoms with Gasteiger partial charge in [0.2, 0.25) is 0 Å². The van der Waals surface area contributed by atoms with Gasteiger partial charge in [-0.1, -0.05) is 96.6 Å². The summed E-state index contributed by atoms with van der Waals surface area (Å²) in [5.74, 6) is 0.00810. The number of para-hydroxylation sites is 1. The van der Waals surface area contributed by atoms with Gasteiger partial charge in [-0.05, 0) is 47.5 Å². The standard InChI is InChI=1S/C31H23NO2/c1-21-16-19-28(33)26(20-21)31(23-11-4-2-5-12-23)29-25-15-9-8-10-22(25)17-18-27(29)32(30(31)34)24-13-6-3-7-14-24/h2-20,33H,1H3/t31-/m1/s1. The summed E-state index contributed by atoms with van der Waals surface area (Å²) in [7, 11) is 0. The summed E-state index contributed by atoms with van der Waals surface area (Å²) in [6.07, 6.45) is 0. The molecule has 1 N–H and O–H groups in total. The number of hydrogen-bond acceptors (Lipinski definition) is 2. The molecule has 0 saturated carbocycles. The molecule has 3 nitrogen and oxygen atoms in total. The molecule has 164 valence electrons. The van der Waals surface area contributed by atoms with Crippen LogP contribution >= 0.6 is 0 Å². The van der Waals surface area contributed by atoms with Gasteiger partial charge in [0, 0.05) is 16.8 Å². The Morgan fingerprint density at radius 1 is 0.735 bits per heavy atom. The third-order valence-electron chi connectivity index (χ3n) is 6.82. The molecule has 0 aromatic heterocycles. The summed E-state index contributed by atoms with van der Waals surface area (Å²) in [5.41, 5.74) is 3.73. The molecule has 1 aliphatic rings. The molecule has 0 radical (unpaired) electrons. The topological polar surface area (TPSA) is 40.5 Å². The molecule has 0 bridgehead atoms. The first-order valence-corrected chi connectivity index (χ1v) is 11.4. The number of anilines is 2. The highest BCUT2D eigenvalue weighted by Gasteiger charge is 2.55. The first kappa shape index (κ1) is 20.3. The molecule has 3 heteroatoms. The van der Waals surface area contributed by atoms with Gasteiger partial charge in [-0.15, -0.1) is 0 Å². The molecule has 1 heterocycles. The summed E-state index contributed by atoms with van der Waals surface area (Å²) in [6, 6.07) is 37.3. The molecule has 0 spiro atoms. The first-order chi connectivity index (χ1) is 16.6. The van der Waals surface area contributed by atoms with Crippen molar-refractivity contribution in [1.82, 2.24) is 0 Å². The molecule has 0 fully saturated rings. The van der Waals surface area contributed by atoms with Crippen molar-refractivity contribution in [1.29, 1.82) is 0 Å². The van der Waals surface area contributed by atoms with Crippen molar-refractivity contribution < 1.29 is 9.90 Å². The van der Waals surface area contributed by atoms with Crippen LogP contribution in [-0.2, 0) is 10.2 Å². The second-order valence-corrected chi connectivity index (χ2v) is 8.79. The van der Waals surface area contributed by atoms with Gasteiger partial charge in [-0.25, -0.2) is 0 Å². The second kappa shape index (κ2) is 7.60. The molecule has 1 amide bonds. The number of carbonyl (C=O) groups excluding carboxylic acids is 1. The van der Waals surface area contributed by atoms with E-state index in [1.54, 1.807) is 11.0 Å². The molecular formula is C31H23NO2. The fraction of sp³-hybridized carbons (Fsp3) is 0.0645. The number of carbonyl (C=O) groups is 1. The quantitative estimate of drug-likeness (QED) is 0.332. The minimum atomic E-state index is -1.20. The summed E-state index contributed by atoms with van der Waals surface area (Å²) < 4.78 is 0. The highest BCUT2D eigenvalue weighted by Crippen LogP contribution is 2.56. The maximum absolute atomic E-state index is 14.8. The van der Waals surface area contributed by atoms with Crippen molar-refractivity contribution in [2.45, 2.75) is 12.3 Å². The van der Waals surface area contributed by atoms with Crippen molar-refractivity contribution >= 4 is 28.1 Å². The maximum atomic E-state index is 14.8. The molecule has 0 aliphatic carbocycles. The van der Waals surface area contributed by atoms with Crippen molar-refractivity contribution in [2.75, 3.05) is 4.90 Å². The van der Waals surface area contributed by atoms with Crippen LogP contribution in [0.1, 0.15) is 22.3 Å². The van der Waals surface area contributed by atoms with Crippen molar-refractivity contribution in [3.8, 4) is 5.75 Å². The van der Waals surface area contributed by atoms with E-state index in [0.717, 1.165) is 38.8 Å². The van der Waals surface area contributed by atoms with Crippen LogP contribution in [0.15, 0.2) is 115 Å². The molecule has 34 heavy (non-hydrogen) atoms. The molecular weight excluding hydrogens is 418 g/mol. The summed E-state index contributed by atoms with van der Waals surface area (Å²) in [6.45, 7) is 1.99. The van der Waals surface area contributed by atoms with Crippen LogP contribution in [0, 0.1) is 6.92 Å². The van der Waals surface area contributed by atoms with E-state index in [9.17, 15) is 9.90 Å². The van der Waals surface area contributed by atoms with Crippen LogP contribution < -0.4 is 4.90 Å². The second-order valence-electron chi connectivity index (χ2n) is 8.79. The minimum Gasteiger partial charge on any atom is -0.508 e. The van der Waals surface area contributed by atoms with E-state index in [2.05, 4.69) is 18.2 Å². The van der Waals surface area contributed by atoms with E-state index < -0.39 is 5.41 Å². The van der Waals surface area contributed by atoms with Gasteiger partial charge in [0.15, 0.2) is 0 Å². The van der Waals surface area contributed by atoms with Crippen LogP contribution in [0.3, 0.4) is 0 Å². The highest BCUT2D eigenvalue weighted by atomic mass is 16.3. The smallest absolute Gasteiger partial charge is 0.251 e. The molecule has 1 aliphatic heterocycles. The Kier molecular flexibility index (Phi) is 4.53. The van der Waals surface area contributed by atoms with Crippen molar-refractivity contribution in [3.05, 3.63) is 138 Å². The van der Waals surface area contributed by atoms with Crippen molar-refractivity contribution in [2.24, 2.45) is 0 Å². The lowest BCUT2D eigenvalue weighted by Crippen LogP contribution is -2.40. The monoisotopic (exact) mass is 441 g/mol. The van der Waals surface area contributed by atoms with E-state index in [4.69, 9.17) is 0 Å². The van der Waals surface area contributed by atoms with Crippen LogP contribution in [0.5, 0.6) is 5.75 Å². The maximum Gasteiger partial charge on any atom is 0.251 e. The Labute approximate surface area is 198 Å². The number of nitrogens with zero attached hydrogens (tertiary/aromatic N) is 1. The van der Waals surface area contributed by atoms with Gasteiger partial charge in [0.05, 0.1) is 5.69 Å². The number of rotatable bonds is 3. The summed E-state index contributed by atoms with van der Waals surface area (Å²) >= 11 is 0. The number of aromatic hydroxyl groups is 1. The Balaban J connectivity index is 1.83. The predicted octanol–water partition coefficient (Wildman–Crippen LogP) is 6.87. The zero-order valence-corrected chi connectivity index (χ0v) is 18.8. The molecule has 5 aromatic carbocycles. The third kappa shape index (κ3) is 2.74. The fourth-order valence-electron chi connectivity index (χ4n) is 5.37. The average molecular weight is 442 g/mol. The van der Waals surface area contributed by atoms with Gasteiger partial charge >= 0.3 is 0 Å². The van der Waals surface area contributed by atoms with Gasteiger partial charge in [-0.2, -0.15) is 0 Å². The third-order valence-corrected chi connectivity index (χ3v) is 6.82. The van der Waals surface area contributed by atoms with Crippen molar-refractivity contribution in [3.63, 3.8) is 0 Å². The number of phenolic OH excluding ortho intramolecular Hbond substituents is 1. The SMILES string of the molecule is Cc1ccc(O)c([C@@]2(c3ccccc3)C(=O)N(c3ccccc3)c3ccc4ccccc4c32)c1. The van der Waals surface area contributed by atoms with E-state index in [-0.39, 0.29) is 11.7 Å². The van der Waals surface area contributed by atoms with E-state index >= 15 is 0 Å². The Bertz CT molecular complexity index is 1540. The first-order valence-electron chi connectivity index (χ1n) is 11.4. The van der Waals surface area contributed by atoms with E-state index in [1.165, 1.54) is 0 Å². The molecule has 0 unspecified atom stereocenters. The van der Waals surface area contributed by atoms with E-state index in [1.807, 2.05) is 97.9 Å². The van der Waals surface area contributed by atoms with Gasteiger partial charge in [0.1, 0.15) is 11.2 Å². The summed E-state index contributed by atoms with van der Waals surface area (Å²) in [4.78, 5) is 16.6. The molecule has 5 aromatic rings.